The quantitative estimate of drug-likeness (QED) is 0.00634. The molecule has 48 nitrogen and oxygen atoms in total. The first-order valence-electron chi connectivity index (χ1n) is 47.9. The molecule has 3 fully saturated rings. The van der Waals surface area contributed by atoms with Crippen molar-refractivity contribution in [1.82, 2.24) is 71.2 Å². The first-order chi connectivity index (χ1) is 69.6. The summed E-state index contributed by atoms with van der Waals surface area (Å²) in [5.74, 6) is -21.5. The molecule has 18 N–H and O–H groups in total. The molecule has 50 heteroatoms. The maximum Gasteiger partial charge on any atom is 0.410 e. The van der Waals surface area contributed by atoms with E-state index in [1.165, 1.54) is 54.4 Å². The van der Waals surface area contributed by atoms with Gasteiger partial charge in [-0.25, -0.2) is 29.5 Å². The van der Waals surface area contributed by atoms with E-state index >= 15 is 0 Å². The van der Waals surface area contributed by atoms with E-state index in [4.69, 9.17) is 36.1 Å². The number of H-pyrrole nitrogens is 1. The highest BCUT2D eigenvalue weighted by Gasteiger charge is 2.45. The predicted molar refractivity (Wildman–Crippen MR) is 528 cm³/mol. The number of rotatable bonds is 56. The van der Waals surface area contributed by atoms with Gasteiger partial charge in [-0.05, 0) is 133 Å². The van der Waals surface area contributed by atoms with E-state index in [9.17, 15) is 117 Å². The number of nitrogens with two attached hydrogens (primary N) is 2. The molecule has 3 aromatic heterocycles. The Labute approximate surface area is 844 Å². The Morgan fingerprint density at radius 1 is 0.733 bits per heavy atom. The number of anilines is 5. The fraction of sp³-hybridized carbons (Fsp3) is 0.510. The number of likely N-dealkylation sites (tertiary alicyclic amines) is 1. The Kier molecular flexibility index (Phi) is 40.3. The molecule has 11 rings (SSSR count). The Morgan fingerprint density at radius 2 is 1.41 bits per heavy atom. The average molecular weight is 2070 g/mol. The minimum Gasteiger partial charge on any atom is -0.496 e. The van der Waals surface area contributed by atoms with Gasteiger partial charge in [0.05, 0.1) is 94.1 Å². The van der Waals surface area contributed by atoms with Gasteiger partial charge in [-0.1, -0.05) is 59.6 Å². The van der Waals surface area contributed by atoms with Crippen molar-refractivity contribution in [2.24, 2.45) is 29.4 Å². The van der Waals surface area contributed by atoms with E-state index in [-0.39, 0.29) is 134 Å². The Balaban J connectivity index is 0.663. The number of ether oxygens (including phenoxy) is 3. The van der Waals surface area contributed by atoms with Gasteiger partial charge in [0.25, 0.3) is 17.4 Å². The number of nitrogen functional groups attached to an aromatic ring is 1. The van der Waals surface area contributed by atoms with Gasteiger partial charge in [-0.15, -0.1) is 0 Å². The lowest BCUT2D eigenvalue weighted by Gasteiger charge is -2.43. The number of likely N-dealkylation sites (N-methyl/N-ethyl adjacent to an activating group) is 1. The van der Waals surface area contributed by atoms with Crippen LogP contribution in [-0.2, 0) is 96.1 Å². The molecule has 3 aromatic carbocycles. The number of carboxylic acids is 5. The van der Waals surface area contributed by atoms with E-state index in [0.717, 1.165) is 63.6 Å². The number of carbonyl (C=O) groups excluding carboxylic acids is 13. The number of methoxy groups -OCH3 is 1. The zero-order valence-corrected chi connectivity index (χ0v) is 82.8. The second-order valence-corrected chi connectivity index (χ2v) is 39.3. The van der Waals surface area contributed by atoms with E-state index in [1.807, 2.05) is 13.0 Å². The van der Waals surface area contributed by atoms with Crippen LogP contribution in [0.3, 0.4) is 0 Å². The van der Waals surface area contributed by atoms with Crippen LogP contribution in [0.25, 0.3) is 11.2 Å². The summed E-state index contributed by atoms with van der Waals surface area (Å²) >= 11 is 0. The van der Waals surface area contributed by atoms with Crippen LogP contribution in [0.4, 0.5) is 33.6 Å². The number of aromatic nitrogens is 6. The smallest absolute Gasteiger partial charge is 0.410 e. The standard InChI is InChI=1S/C96H121N21O27S2/c1-6-69-91(136)113(4)71-46-102-76(109-84(71)117(69)61-11-7-8-12-61)40-55-17-16-54(39-75(55)142-5)72(119)35-52-26-29-114(30-27-52)31-33-143-34-32-115(48-78(123)105-65-14-9-13-63-64(65)47-116(90(63)135)70-24-25-77(122)110-88(70)133)96(141)144-50(2)51(3)146-145-49-58(92(137)138)38-74(121)68(43-81(128)129)108-87(132)57(42-80(126)127)37-73(120)66(15-10-28-100-94(97)98)106-86(131)56(41-79(124)125)36-62(118)22-23-67(93(139)140)107-85(130)53-18-20-59(21-19-53)101-44-60-45-103-83-82(104-60)89(134)112-95(99)111-83/h9,13-14,16-21,39,45-46,50-52,56-58,61,66-70,101H,6-8,10-12,15,22-38,40-44,47-49H2,1-5H3,(H,105,123)(H,106,131)(H,107,130)(H,108,132)(H,124,125)(H,126,127)(H,128,129)(H,137,138)(H,139,140)(H4,97,98,100)(H,110,122,133)(H3,99,103,111,112,134)/t50?,51?,56-,57-,58-,66-,67+,68-,69-,70?/m1/s1. The molecule has 3 unspecified atom stereocenters. The molecular weight excluding hydrogens is 1940 g/mol. The van der Waals surface area contributed by atoms with Crippen molar-refractivity contribution >= 4 is 174 Å². The molecule has 1 saturated carbocycles. The van der Waals surface area contributed by atoms with Crippen molar-refractivity contribution in [3.63, 3.8) is 0 Å². The highest BCUT2D eigenvalue weighted by Crippen LogP contribution is 2.41. The van der Waals surface area contributed by atoms with Gasteiger partial charge >= 0.3 is 35.9 Å². The first-order valence-corrected chi connectivity index (χ1v) is 50.3. The summed E-state index contributed by atoms with van der Waals surface area (Å²) in [6.45, 7) is 6.07. The number of nitrogens with one attached hydrogen (secondary N) is 9. The summed E-state index contributed by atoms with van der Waals surface area (Å²) in [5.41, 5.74) is 13.9. The van der Waals surface area contributed by atoms with Gasteiger partial charge in [0, 0.05) is 134 Å². The maximum atomic E-state index is 14.4. The minimum atomic E-state index is -2.05. The van der Waals surface area contributed by atoms with Crippen LogP contribution >= 0.6 is 21.6 Å². The molecule has 2 saturated heterocycles. The van der Waals surface area contributed by atoms with Gasteiger partial charge in [-0.2, -0.15) is 4.98 Å². The number of hydrogen-bond donors (Lipinski definition) is 16. The van der Waals surface area contributed by atoms with Crippen LogP contribution in [0.2, 0.25) is 0 Å². The van der Waals surface area contributed by atoms with Crippen molar-refractivity contribution in [3.05, 3.63) is 123 Å². The molecule has 1 aliphatic carbocycles. The molecule has 784 valence electrons. The lowest BCUT2D eigenvalue weighted by molar-refractivity contribution is -0.145. The highest BCUT2D eigenvalue weighted by molar-refractivity contribution is 8.77. The number of nitrogens with zero attached hydrogens (tertiary/aromatic N) is 10. The van der Waals surface area contributed by atoms with Crippen LogP contribution in [0.15, 0.2) is 77.9 Å². The summed E-state index contributed by atoms with van der Waals surface area (Å²) < 4.78 is 17.9. The molecule has 0 radical (unpaired) electrons. The number of guanidine groups is 1. The van der Waals surface area contributed by atoms with E-state index in [2.05, 4.69) is 71.9 Å². The molecule has 4 aliphatic heterocycles. The topological polar surface area (TPSA) is 710 Å². The molecule has 6 aromatic rings. The minimum absolute atomic E-state index is 0.000444. The number of aromatic amines is 1. The summed E-state index contributed by atoms with van der Waals surface area (Å²) in [5, 5.41) is 74.8. The fourth-order valence-electron chi connectivity index (χ4n) is 17.9. The SMILES string of the molecule is CC[C@@H]1C(=O)N(C)c2cnc(Cc3ccc(C(=O)CC4CCN(CCOCCN(CC(=O)Nc5cccc6c5CN(C5CCC(=O)NC5=O)C6=O)C(=O)OC(C)C(C)SSC[C@@H](CC(=O)[C@@H](CC(=O)O)NC(=O)[C@@H](CC(=O)O)CC(=O)[C@@H](CCCNC(=N)N)NC(=O)[C@@H](CC(=O)O)CC(=O)CC[C@H](NC(=O)c5ccc(NCc6cnc7nc(N)[nH]c(=O)c7n6)cc5)C(=O)O)C(=O)O)CC4)cc3OC)nc2N1C1CCCC1. The molecule has 5 aliphatic rings. The third-order valence-electron chi connectivity index (χ3n) is 26.0. The highest BCUT2D eigenvalue weighted by atomic mass is 33.1. The summed E-state index contributed by atoms with van der Waals surface area (Å²) in [7, 11) is 5.24. The van der Waals surface area contributed by atoms with Gasteiger partial charge in [0.2, 0.25) is 41.4 Å². The number of aliphatic carboxylic acids is 5. The van der Waals surface area contributed by atoms with Gasteiger partial charge < -0.3 is 103 Å². The van der Waals surface area contributed by atoms with E-state index in [1.54, 1.807) is 50.4 Å². The number of imide groups is 1. The number of carbonyl (C=O) groups is 18. The first kappa shape index (κ1) is 112. The van der Waals surface area contributed by atoms with E-state index < -0.39 is 217 Å². The number of fused-ring (bicyclic) bond motifs is 3. The number of hydrogen-bond acceptors (Lipinski definition) is 34. The van der Waals surface area contributed by atoms with Crippen molar-refractivity contribution in [3.8, 4) is 5.75 Å². The second-order valence-electron chi connectivity index (χ2n) is 36.5. The lowest BCUT2D eigenvalue weighted by atomic mass is 9.89. The number of carboxylic acid groups (broad SMARTS) is 5. The number of ketones is 4. The fourth-order valence-corrected chi connectivity index (χ4v) is 20.6. The third-order valence-corrected chi connectivity index (χ3v) is 29.1. The number of Topliss-reactive ketones (excluding diaryl/α,β-unsaturated/α-hetero) is 4. The molecule has 7 heterocycles. The van der Waals surface area contributed by atoms with Gasteiger partial charge in [0.1, 0.15) is 53.8 Å². The predicted octanol–water partition coefficient (Wildman–Crippen LogP) is 4.23. The van der Waals surface area contributed by atoms with Crippen molar-refractivity contribution < 1.29 is 126 Å². The monoisotopic (exact) mass is 2060 g/mol. The summed E-state index contributed by atoms with van der Waals surface area (Å²) in [6, 6.07) is 9.13. The lowest BCUT2D eigenvalue weighted by Crippen LogP contribution is -2.55. The Hall–Kier alpha value is -14.7. The molecule has 0 bridgehead atoms. The van der Waals surface area contributed by atoms with Gasteiger partial charge in [-0.3, -0.25) is 102 Å². The Bertz CT molecular complexity index is 5960. The largest absolute Gasteiger partial charge is 0.496 e. The summed E-state index contributed by atoms with van der Waals surface area (Å²) in [6.07, 6.45) is 0.0871. The van der Waals surface area contributed by atoms with E-state index in [0.29, 0.717) is 91.5 Å². The van der Waals surface area contributed by atoms with Crippen LogP contribution < -0.4 is 68.8 Å². The molecule has 0 spiro atoms. The van der Waals surface area contributed by atoms with Gasteiger partial charge in [0.15, 0.2) is 40.3 Å². The molecule has 9 amide bonds. The number of piperidine rings is 2. The van der Waals surface area contributed by atoms with Crippen LogP contribution in [0, 0.1) is 29.1 Å². The molecular formula is C96H121N21O27S2. The summed E-state index contributed by atoms with van der Waals surface area (Å²) in [4.78, 5) is 286. The number of amides is 9. The van der Waals surface area contributed by atoms with Crippen LogP contribution in [-0.4, -0.2) is 302 Å². The molecule has 146 heavy (non-hydrogen) atoms. The zero-order chi connectivity index (χ0) is 106. The van der Waals surface area contributed by atoms with Crippen LogP contribution in [0.5, 0.6) is 5.75 Å². The third kappa shape index (κ3) is 31.2. The van der Waals surface area contributed by atoms with Crippen molar-refractivity contribution in [2.45, 2.75) is 216 Å². The number of benzene rings is 3. The average Bonchev–Trinajstić information content (AvgIpc) is 1.15. The normalized spacial score (nSPS) is 17.0. The van der Waals surface area contributed by atoms with Crippen molar-refractivity contribution in [2.75, 3.05) is 98.6 Å². The molecule has 10 atom stereocenters. The second kappa shape index (κ2) is 52.7. The van der Waals surface area contributed by atoms with Crippen LogP contribution in [0.1, 0.15) is 203 Å². The Morgan fingerprint density at radius 3 is 2.08 bits per heavy atom. The van der Waals surface area contributed by atoms with Crippen molar-refractivity contribution in [1.29, 1.82) is 5.41 Å². The maximum absolute atomic E-state index is 14.4. The zero-order valence-electron chi connectivity index (χ0n) is 81.1.